The number of methoxy groups -OCH3 is 1. The maximum Gasteiger partial charge on any atom is 0.223 e. The van der Waals surface area contributed by atoms with Crippen LogP contribution in [-0.2, 0) is 16.6 Å². The molecule has 1 aliphatic carbocycles. The molecule has 1 saturated carbocycles. The largest absolute Gasteiger partial charge is 0.497 e. The van der Waals surface area contributed by atoms with Crippen LogP contribution in [0.25, 0.3) is 0 Å². The second kappa shape index (κ2) is 8.10. The van der Waals surface area contributed by atoms with Crippen LogP contribution in [0.3, 0.4) is 0 Å². The molecule has 1 fully saturated rings. The summed E-state index contributed by atoms with van der Waals surface area (Å²) in [5, 5.41) is 0. The zero-order chi connectivity index (χ0) is 21.4. The van der Waals surface area contributed by atoms with Crippen LogP contribution in [0.2, 0.25) is 0 Å². The van der Waals surface area contributed by atoms with Crippen LogP contribution in [0.1, 0.15) is 61.8 Å². The van der Waals surface area contributed by atoms with Crippen molar-refractivity contribution in [2.45, 2.75) is 56.9 Å². The van der Waals surface area contributed by atoms with E-state index in [0.29, 0.717) is 19.6 Å². The normalized spacial score (nSPS) is 21.1. The van der Waals surface area contributed by atoms with E-state index in [-0.39, 0.29) is 17.4 Å². The number of hydrogen-bond acceptors (Lipinski definition) is 4. The van der Waals surface area contributed by atoms with Crippen molar-refractivity contribution < 1.29 is 19.0 Å². The predicted octanol–water partition coefficient (Wildman–Crippen LogP) is 4.81. The maximum absolute atomic E-state index is 13.4. The Bertz CT molecular complexity index is 962. The molecule has 1 spiro atoms. The first-order valence-electron chi connectivity index (χ1n) is 11.5. The third-order valence-electron chi connectivity index (χ3n) is 7.34. The molecule has 2 heterocycles. The minimum atomic E-state index is 0.0421. The van der Waals surface area contributed by atoms with E-state index in [2.05, 4.69) is 24.0 Å². The highest BCUT2D eigenvalue weighted by molar-refractivity contribution is 5.78. The lowest BCUT2D eigenvalue weighted by atomic mass is 9.71. The van der Waals surface area contributed by atoms with Gasteiger partial charge in [0.15, 0.2) is 11.5 Å². The summed E-state index contributed by atoms with van der Waals surface area (Å²) in [7, 11) is 1.67. The molecule has 5 rings (SSSR count). The van der Waals surface area contributed by atoms with Gasteiger partial charge in [-0.25, -0.2) is 0 Å². The molecule has 0 saturated heterocycles. The second-order valence-electron chi connectivity index (χ2n) is 9.12. The lowest BCUT2D eigenvalue weighted by Gasteiger charge is -2.46. The van der Waals surface area contributed by atoms with E-state index in [9.17, 15) is 4.79 Å². The number of aryl methyl sites for hydroxylation is 1. The molecule has 1 atom stereocenters. The van der Waals surface area contributed by atoms with Crippen LogP contribution in [-0.4, -0.2) is 37.7 Å². The van der Waals surface area contributed by atoms with Crippen molar-refractivity contribution in [1.29, 1.82) is 0 Å². The first kappa shape index (κ1) is 20.2. The monoisotopic (exact) mass is 421 g/mol. The molecular formula is C26H31NO4. The fourth-order valence-corrected chi connectivity index (χ4v) is 5.60. The van der Waals surface area contributed by atoms with Crippen molar-refractivity contribution in [1.82, 2.24) is 4.90 Å². The molecule has 5 heteroatoms. The number of rotatable bonds is 4. The number of carbonyl (C=O) groups excluding carboxylic acids is 1. The summed E-state index contributed by atoms with van der Waals surface area (Å²) < 4.78 is 17.0. The summed E-state index contributed by atoms with van der Waals surface area (Å²) in [5.41, 5.74) is 3.82. The van der Waals surface area contributed by atoms with Gasteiger partial charge in [0, 0.05) is 18.4 Å². The fraction of sp³-hybridized carbons (Fsp3) is 0.500. The average Bonchev–Trinajstić information content (AvgIpc) is 3.28. The molecule has 2 aromatic carbocycles. The summed E-state index contributed by atoms with van der Waals surface area (Å²) in [6.07, 6.45) is 5.97. The van der Waals surface area contributed by atoms with Crippen molar-refractivity contribution in [2.24, 2.45) is 0 Å². The summed E-state index contributed by atoms with van der Waals surface area (Å²) in [6, 6.07) is 12.4. The van der Waals surface area contributed by atoms with Crippen molar-refractivity contribution in [3.8, 4) is 17.2 Å². The Hall–Kier alpha value is -2.69. The van der Waals surface area contributed by atoms with Gasteiger partial charge in [-0.1, -0.05) is 25.0 Å². The summed E-state index contributed by atoms with van der Waals surface area (Å²) in [6.45, 7) is 4.14. The Balaban J connectivity index is 1.40. The number of fused-ring (bicyclic) bond motifs is 3. The van der Waals surface area contributed by atoms with Crippen molar-refractivity contribution in [3.63, 3.8) is 0 Å². The first-order valence-corrected chi connectivity index (χ1v) is 11.5. The Morgan fingerprint density at radius 1 is 1.10 bits per heavy atom. The number of nitrogens with zero attached hydrogens (tertiary/aromatic N) is 1. The lowest BCUT2D eigenvalue weighted by Crippen LogP contribution is -2.48. The van der Waals surface area contributed by atoms with E-state index in [1.54, 1.807) is 7.11 Å². The molecule has 0 radical (unpaired) electrons. The number of benzene rings is 2. The Kier molecular flexibility index (Phi) is 5.28. The van der Waals surface area contributed by atoms with Crippen molar-refractivity contribution in [2.75, 3.05) is 26.9 Å². The molecular weight excluding hydrogens is 390 g/mol. The Labute approximate surface area is 184 Å². The minimum absolute atomic E-state index is 0.0421. The van der Waals surface area contributed by atoms with Gasteiger partial charge in [-0.15, -0.1) is 0 Å². The van der Waals surface area contributed by atoms with Crippen LogP contribution in [0, 0.1) is 0 Å². The molecule has 2 aromatic rings. The number of hydrogen-bond donors (Lipinski definition) is 0. The number of amides is 1. The van der Waals surface area contributed by atoms with Gasteiger partial charge in [0.05, 0.1) is 13.2 Å². The number of carbonyl (C=O) groups is 1. The van der Waals surface area contributed by atoms with Gasteiger partial charge < -0.3 is 19.1 Å². The van der Waals surface area contributed by atoms with Crippen LogP contribution in [0.4, 0.5) is 0 Å². The summed E-state index contributed by atoms with van der Waals surface area (Å²) >= 11 is 0. The van der Waals surface area contributed by atoms with E-state index >= 15 is 0 Å². The second-order valence-corrected chi connectivity index (χ2v) is 9.12. The van der Waals surface area contributed by atoms with E-state index in [1.165, 1.54) is 24.0 Å². The van der Waals surface area contributed by atoms with Crippen LogP contribution in [0.5, 0.6) is 17.2 Å². The summed E-state index contributed by atoms with van der Waals surface area (Å²) in [4.78, 5) is 15.5. The third-order valence-corrected chi connectivity index (χ3v) is 7.34. The molecule has 1 amide bonds. The zero-order valence-electron chi connectivity index (χ0n) is 18.5. The van der Waals surface area contributed by atoms with Crippen LogP contribution < -0.4 is 14.2 Å². The topological polar surface area (TPSA) is 48.0 Å². The third kappa shape index (κ3) is 3.64. The quantitative estimate of drug-likeness (QED) is 0.711. The minimum Gasteiger partial charge on any atom is -0.497 e. The Morgan fingerprint density at radius 3 is 2.45 bits per heavy atom. The maximum atomic E-state index is 13.4. The fourth-order valence-electron chi connectivity index (χ4n) is 5.60. The molecule has 0 N–H and O–H groups in total. The van der Waals surface area contributed by atoms with Gasteiger partial charge in [-0.3, -0.25) is 4.79 Å². The summed E-state index contributed by atoms with van der Waals surface area (Å²) in [5.74, 6) is 2.75. The van der Waals surface area contributed by atoms with E-state index in [1.807, 2.05) is 24.3 Å². The highest BCUT2D eigenvalue weighted by atomic mass is 16.6. The van der Waals surface area contributed by atoms with Gasteiger partial charge in [-0.05, 0) is 67.1 Å². The van der Waals surface area contributed by atoms with E-state index in [0.717, 1.165) is 48.6 Å². The van der Waals surface area contributed by atoms with Gasteiger partial charge in [-0.2, -0.15) is 0 Å². The zero-order valence-corrected chi connectivity index (χ0v) is 18.5. The standard InChI is InChI=1S/C26H31NO4/c1-18-21-15-23-24(31-14-13-30-23)16-22(21)26(11-3-4-12-26)17-27(18)25(28)10-7-19-5-8-20(29-2)9-6-19/h5-6,8-9,15-16,18H,3-4,7,10-14,17H2,1-2H3. The molecule has 164 valence electrons. The predicted molar refractivity (Wildman–Crippen MR) is 119 cm³/mol. The lowest BCUT2D eigenvalue weighted by molar-refractivity contribution is -0.135. The molecule has 2 aliphatic heterocycles. The molecule has 5 nitrogen and oxygen atoms in total. The SMILES string of the molecule is COc1ccc(CCC(=O)N2CC3(CCCC3)c3cc4c(cc3C2C)OCCO4)cc1. The highest BCUT2D eigenvalue weighted by Gasteiger charge is 2.46. The highest BCUT2D eigenvalue weighted by Crippen LogP contribution is 2.52. The molecule has 1 unspecified atom stereocenters. The van der Waals surface area contributed by atoms with E-state index in [4.69, 9.17) is 14.2 Å². The Morgan fingerprint density at radius 2 is 1.77 bits per heavy atom. The van der Waals surface area contributed by atoms with Crippen molar-refractivity contribution >= 4 is 5.91 Å². The van der Waals surface area contributed by atoms with Gasteiger partial charge in [0.2, 0.25) is 5.91 Å². The molecule has 0 bridgehead atoms. The first-order chi connectivity index (χ1) is 15.1. The van der Waals surface area contributed by atoms with Gasteiger partial charge in [0.25, 0.3) is 0 Å². The number of ether oxygens (including phenoxy) is 3. The van der Waals surface area contributed by atoms with Crippen molar-refractivity contribution in [3.05, 3.63) is 53.1 Å². The average molecular weight is 422 g/mol. The smallest absolute Gasteiger partial charge is 0.223 e. The van der Waals surface area contributed by atoms with Crippen LogP contribution in [0.15, 0.2) is 36.4 Å². The molecule has 0 aromatic heterocycles. The molecule has 3 aliphatic rings. The van der Waals surface area contributed by atoms with E-state index < -0.39 is 0 Å². The molecule has 31 heavy (non-hydrogen) atoms. The van der Waals surface area contributed by atoms with Gasteiger partial charge >= 0.3 is 0 Å². The van der Waals surface area contributed by atoms with Gasteiger partial charge in [0.1, 0.15) is 19.0 Å². The van der Waals surface area contributed by atoms with Crippen LogP contribution >= 0.6 is 0 Å².